The number of unbranched alkanes of at least 4 members (excludes halogenated alkanes) is 1. The largest absolute Gasteiger partial charge is 0.444 e. The summed E-state index contributed by atoms with van der Waals surface area (Å²) in [5, 5.41) is 16.7. The maximum absolute atomic E-state index is 11.6. The number of nitrogens with one attached hydrogen (secondary N) is 3. The van der Waals surface area contributed by atoms with Crippen molar-refractivity contribution in [3.05, 3.63) is 28.3 Å². The minimum atomic E-state index is -0.521. The van der Waals surface area contributed by atoms with Crippen LogP contribution in [-0.4, -0.2) is 39.7 Å². The second-order valence-electron chi connectivity index (χ2n) is 7.06. The van der Waals surface area contributed by atoms with Crippen LogP contribution < -0.4 is 21.9 Å². The Balaban J connectivity index is 1.87. The third-order valence-electron chi connectivity index (χ3n) is 3.56. The number of fused-ring (bicyclic) bond motifs is 1. The molecule has 0 aliphatic carbocycles. The number of nitro benzene ring substituents is 1. The highest BCUT2D eigenvalue weighted by Crippen LogP contribution is 2.23. The Hall–Kier alpha value is -3.21. The Bertz CT molecular complexity index is 851. The van der Waals surface area contributed by atoms with E-state index in [2.05, 4.69) is 26.0 Å². The summed E-state index contributed by atoms with van der Waals surface area (Å²) in [6.07, 6.45) is 1.06. The quantitative estimate of drug-likeness (QED) is 0.230. The summed E-state index contributed by atoms with van der Waals surface area (Å²) in [5.74, 6) is 6.23. The van der Waals surface area contributed by atoms with Gasteiger partial charge in [-0.05, 0) is 39.7 Å². The van der Waals surface area contributed by atoms with Gasteiger partial charge in [0.25, 0.3) is 5.69 Å². The molecule has 0 saturated heterocycles. The van der Waals surface area contributed by atoms with Crippen molar-refractivity contribution >= 4 is 34.4 Å². The van der Waals surface area contributed by atoms with Gasteiger partial charge in [-0.15, -0.1) is 0 Å². The van der Waals surface area contributed by atoms with Gasteiger partial charge in [-0.25, -0.2) is 20.6 Å². The van der Waals surface area contributed by atoms with Crippen LogP contribution in [-0.2, 0) is 4.74 Å². The lowest BCUT2D eigenvalue weighted by molar-refractivity contribution is -0.384. The Morgan fingerprint density at radius 1 is 1.18 bits per heavy atom. The molecule has 2 rings (SSSR count). The molecule has 5 N–H and O–H groups in total. The number of alkyl carbamates (subject to hydrolysis) is 1. The number of nitrogens with two attached hydrogens (primary N) is 1. The predicted molar refractivity (Wildman–Crippen MR) is 106 cm³/mol. The molecule has 0 aliphatic rings. The van der Waals surface area contributed by atoms with Crippen molar-refractivity contribution in [2.24, 2.45) is 5.84 Å². The van der Waals surface area contributed by atoms with Crippen LogP contribution in [0.4, 0.5) is 22.1 Å². The van der Waals surface area contributed by atoms with Crippen LogP contribution in [0.25, 0.3) is 11.0 Å². The van der Waals surface area contributed by atoms with Gasteiger partial charge in [0.2, 0.25) is 0 Å². The molecule has 0 radical (unpaired) electrons. The first kappa shape index (κ1) is 21.1. The molecular weight excluding hydrogens is 366 g/mol. The number of aromatic nitrogens is 2. The van der Waals surface area contributed by atoms with Crippen LogP contribution >= 0.6 is 0 Å². The second kappa shape index (κ2) is 9.13. The van der Waals surface area contributed by atoms with E-state index in [0.29, 0.717) is 35.8 Å². The van der Waals surface area contributed by atoms with E-state index in [1.807, 2.05) is 20.8 Å². The van der Waals surface area contributed by atoms with Crippen molar-refractivity contribution in [1.29, 1.82) is 0 Å². The molecule has 11 heteroatoms. The van der Waals surface area contributed by atoms with Crippen molar-refractivity contribution in [3.8, 4) is 0 Å². The third kappa shape index (κ3) is 6.20. The average molecular weight is 391 g/mol. The zero-order chi connectivity index (χ0) is 20.7. The Labute approximate surface area is 162 Å². The normalized spacial score (nSPS) is 11.1. The highest BCUT2D eigenvalue weighted by Gasteiger charge is 2.15. The van der Waals surface area contributed by atoms with Crippen molar-refractivity contribution < 1.29 is 14.5 Å². The number of carbonyl (C=O) groups is 1. The van der Waals surface area contributed by atoms with Gasteiger partial charge in [0, 0.05) is 25.2 Å². The summed E-state index contributed by atoms with van der Waals surface area (Å²) in [5.41, 5.74) is 2.74. The van der Waals surface area contributed by atoms with E-state index in [9.17, 15) is 14.9 Å². The van der Waals surface area contributed by atoms with Gasteiger partial charge < -0.3 is 20.8 Å². The number of anilines is 2. The fraction of sp³-hybridized carbons (Fsp3) is 0.471. The molecule has 11 nitrogen and oxygen atoms in total. The lowest BCUT2D eigenvalue weighted by atomic mass is 10.2. The summed E-state index contributed by atoms with van der Waals surface area (Å²) in [4.78, 5) is 30.6. The van der Waals surface area contributed by atoms with Crippen LogP contribution in [0.2, 0.25) is 0 Å². The molecule has 1 aromatic carbocycles. The molecular formula is C17H25N7O4. The number of ether oxygens (including phenoxy) is 1. The zero-order valence-corrected chi connectivity index (χ0v) is 16.1. The van der Waals surface area contributed by atoms with Gasteiger partial charge in [0.15, 0.2) is 11.6 Å². The van der Waals surface area contributed by atoms with Crippen LogP contribution in [0, 0.1) is 10.1 Å². The van der Waals surface area contributed by atoms with Gasteiger partial charge in [-0.2, -0.15) is 0 Å². The van der Waals surface area contributed by atoms with E-state index >= 15 is 0 Å². The molecule has 2 aromatic rings. The molecule has 0 fully saturated rings. The molecule has 0 spiro atoms. The smallest absolute Gasteiger partial charge is 0.407 e. The molecule has 1 amide bonds. The number of nitrogen functional groups attached to an aromatic ring is 1. The van der Waals surface area contributed by atoms with E-state index in [-0.39, 0.29) is 5.69 Å². The van der Waals surface area contributed by atoms with Crippen molar-refractivity contribution in [1.82, 2.24) is 15.3 Å². The number of hydrogen-bond acceptors (Lipinski definition) is 9. The van der Waals surface area contributed by atoms with Crippen LogP contribution in [0.1, 0.15) is 33.6 Å². The first-order valence-electron chi connectivity index (χ1n) is 8.83. The van der Waals surface area contributed by atoms with E-state index in [0.717, 1.165) is 12.8 Å². The fourth-order valence-corrected chi connectivity index (χ4v) is 2.34. The Morgan fingerprint density at radius 2 is 1.86 bits per heavy atom. The van der Waals surface area contributed by atoms with Crippen molar-refractivity contribution in [2.75, 3.05) is 23.8 Å². The third-order valence-corrected chi connectivity index (χ3v) is 3.56. The minimum Gasteiger partial charge on any atom is -0.444 e. The molecule has 0 bridgehead atoms. The first-order valence-corrected chi connectivity index (χ1v) is 8.83. The Kier molecular flexibility index (Phi) is 6.88. The maximum Gasteiger partial charge on any atom is 0.407 e. The number of non-ortho nitro benzene ring substituents is 1. The Morgan fingerprint density at radius 3 is 2.50 bits per heavy atom. The average Bonchev–Trinajstić information content (AvgIpc) is 2.61. The lowest BCUT2D eigenvalue weighted by Gasteiger charge is -2.19. The topological polar surface area (TPSA) is 157 Å². The highest BCUT2D eigenvalue weighted by atomic mass is 16.6. The molecule has 152 valence electrons. The monoisotopic (exact) mass is 391 g/mol. The number of amides is 1. The molecule has 0 saturated carbocycles. The summed E-state index contributed by atoms with van der Waals surface area (Å²) < 4.78 is 5.16. The molecule has 1 heterocycles. The van der Waals surface area contributed by atoms with E-state index in [4.69, 9.17) is 10.6 Å². The molecule has 28 heavy (non-hydrogen) atoms. The van der Waals surface area contributed by atoms with Gasteiger partial charge in [-0.1, -0.05) is 0 Å². The highest BCUT2D eigenvalue weighted by molar-refractivity contribution is 5.82. The second-order valence-corrected chi connectivity index (χ2v) is 7.06. The standard InChI is InChI=1S/C17H25N7O4/c1-17(2,3)28-16(25)20-9-5-4-8-19-14-15(23-18)22-13-10-11(24(26)27)6-7-12(13)21-14/h6-7,10H,4-5,8-9,18H2,1-3H3,(H,19,21)(H,20,25)(H,22,23). The van der Waals surface area contributed by atoms with Gasteiger partial charge in [-0.3, -0.25) is 10.1 Å². The zero-order valence-electron chi connectivity index (χ0n) is 16.1. The van der Waals surface area contributed by atoms with Crippen molar-refractivity contribution in [3.63, 3.8) is 0 Å². The van der Waals surface area contributed by atoms with Crippen LogP contribution in [0.5, 0.6) is 0 Å². The van der Waals surface area contributed by atoms with Crippen LogP contribution in [0.3, 0.4) is 0 Å². The molecule has 0 aliphatic heterocycles. The van der Waals surface area contributed by atoms with E-state index < -0.39 is 16.6 Å². The molecule has 1 aromatic heterocycles. The maximum atomic E-state index is 11.6. The van der Waals surface area contributed by atoms with Crippen molar-refractivity contribution in [2.45, 2.75) is 39.2 Å². The summed E-state index contributed by atoms with van der Waals surface area (Å²) >= 11 is 0. The van der Waals surface area contributed by atoms with E-state index in [1.54, 1.807) is 0 Å². The number of hydrogen-bond donors (Lipinski definition) is 4. The summed E-state index contributed by atoms with van der Waals surface area (Å²) in [7, 11) is 0. The van der Waals surface area contributed by atoms with Crippen LogP contribution in [0.15, 0.2) is 18.2 Å². The predicted octanol–water partition coefficient (Wildman–Crippen LogP) is 2.54. The van der Waals surface area contributed by atoms with Gasteiger partial charge >= 0.3 is 6.09 Å². The number of hydrazine groups is 1. The van der Waals surface area contributed by atoms with E-state index in [1.165, 1.54) is 18.2 Å². The first-order chi connectivity index (χ1) is 13.2. The number of rotatable bonds is 8. The van der Waals surface area contributed by atoms with Gasteiger partial charge in [0.05, 0.1) is 16.0 Å². The minimum absolute atomic E-state index is 0.0667. The summed E-state index contributed by atoms with van der Waals surface area (Å²) in [6, 6.07) is 4.25. The molecule has 0 unspecified atom stereocenters. The number of nitro groups is 1. The summed E-state index contributed by atoms with van der Waals surface area (Å²) in [6.45, 7) is 6.50. The lowest BCUT2D eigenvalue weighted by Crippen LogP contribution is -2.33. The SMILES string of the molecule is CC(C)(C)OC(=O)NCCCCNc1nc2ccc([N+](=O)[O-])cc2nc1NN. The number of benzene rings is 1. The van der Waals surface area contributed by atoms with Gasteiger partial charge in [0.1, 0.15) is 5.60 Å². The molecule has 0 atom stereocenters. The number of nitrogens with zero attached hydrogens (tertiary/aromatic N) is 3. The number of carbonyl (C=O) groups excluding carboxylic acids is 1. The fourth-order valence-electron chi connectivity index (χ4n) is 2.34.